The molecule has 2 heterocycles. The summed E-state index contributed by atoms with van der Waals surface area (Å²) >= 11 is 6.27. The molecule has 3 rings (SSSR count). The van der Waals surface area contributed by atoms with E-state index >= 15 is 0 Å². The van der Waals surface area contributed by atoms with Crippen LogP contribution >= 0.6 is 11.6 Å². The fraction of sp³-hybridized carbons (Fsp3) is 0.357. The topological polar surface area (TPSA) is 47.8 Å². The second-order valence-electron chi connectivity index (χ2n) is 4.79. The monoisotopic (exact) mass is 275 g/mol. The number of carbonyl (C=O) groups excluding carboxylic acids is 1. The summed E-state index contributed by atoms with van der Waals surface area (Å²) in [4.78, 5) is 15.5. The van der Waals surface area contributed by atoms with Gasteiger partial charge in [-0.1, -0.05) is 30.5 Å². The molecule has 0 bridgehead atoms. The molecular weight excluding hydrogens is 262 g/mol. The van der Waals surface area contributed by atoms with E-state index in [1.807, 2.05) is 18.2 Å². The van der Waals surface area contributed by atoms with Crippen molar-refractivity contribution in [2.75, 3.05) is 0 Å². The lowest BCUT2D eigenvalue weighted by Gasteiger charge is -2.05. The van der Waals surface area contributed by atoms with Gasteiger partial charge in [0.1, 0.15) is 5.15 Å². The summed E-state index contributed by atoms with van der Waals surface area (Å²) in [5, 5.41) is 4.88. The van der Waals surface area contributed by atoms with Crippen LogP contribution in [0, 0.1) is 0 Å². The minimum absolute atomic E-state index is 0.350. The Morgan fingerprint density at radius 3 is 2.74 bits per heavy atom. The molecule has 0 saturated heterocycles. The highest BCUT2D eigenvalue weighted by Crippen LogP contribution is 2.37. The lowest BCUT2D eigenvalue weighted by molar-refractivity contribution is 0.112. The third-order valence-corrected chi connectivity index (χ3v) is 3.98. The number of carbonyl (C=O) groups is 1. The third-order valence-electron chi connectivity index (χ3n) is 3.62. The number of nitrogens with zero attached hydrogens (tertiary/aromatic N) is 3. The van der Waals surface area contributed by atoms with E-state index in [1.165, 1.54) is 12.8 Å². The number of aromatic nitrogens is 3. The average Bonchev–Trinajstić information content (AvgIpc) is 3.07. The fourth-order valence-electron chi connectivity index (χ4n) is 2.67. The van der Waals surface area contributed by atoms with Crippen molar-refractivity contribution in [3.8, 4) is 5.82 Å². The Kier molecular flexibility index (Phi) is 3.34. The van der Waals surface area contributed by atoms with Crippen LogP contribution in [0.1, 0.15) is 47.7 Å². The van der Waals surface area contributed by atoms with Crippen molar-refractivity contribution in [3.05, 3.63) is 40.8 Å². The van der Waals surface area contributed by atoms with Crippen LogP contribution in [0.2, 0.25) is 5.15 Å². The first-order chi connectivity index (χ1) is 9.31. The molecule has 0 N–H and O–H groups in total. The van der Waals surface area contributed by atoms with Crippen molar-refractivity contribution in [3.63, 3.8) is 0 Å². The maximum absolute atomic E-state index is 11.3. The summed E-state index contributed by atoms with van der Waals surface area (Å²) in [5.41, 5.74) is 1.34. The summed E-state index contributed by atoms with van der Waals surface area (Å²) in [6.45, 7) is 0. The smallest absolute Gasteiger partial charge is 0.155 e. The van der Waals surface area contributed by atoms with Gasteiger partial charge in [-0.2, -0.15) is 5.10 Å². The van der Waals surface area contributed by atoms with Gasteiger partial charge in [0.25, 0.3) is 0 Å². The van der Waals surface area contributed by atoms with E-state index in [0.717, 1.165) is 24.8 Å². The minimum atomic E-state index is 0.350. The third kappa shape index (κ3) is 2.16. The summed E-state index contributed by atoms with van der Waals surface area (Å²) in [6.07, 6.45) is 7.03. The summed E-state index contributed by atoms with van der Waals surface area (Å²) in [5.74, 6) is 0.988. The molecule has 98 valence electrons. The van der Waals surface area contributed by atoms with E-state index in [9.17, 15) is 4.79 Å². The lowest BCUT2D eigenvalue weighted by Crippen LogP contribution is -2.01. The van der Waals surface area contributed by atoms with Crippen LogP contribution in [0.4, 0.5) is 0 Å². The molecule has 0 spiro atoms. The second kappa shape index (κ2) is 5.13. The maximum atomic E-state index is 11.3. The first kappa shape index (κ1) is 12.4. The van der Waals surface area contributed by atoms with Crippen LogP contribution in [0.25, 0.3) is 5.82 Å². The molecule has 1 aliphatic rings. The highest BCUT2D eigenvalue weighted by Gasteiger charge is 2.26. The molecule has 1 saturated carbocycles. The van der Waals surface area contributed by atoms with Gasteiger partial charge in [0.15, 0.2) is 12.1 Å². The van der Waals surface area contributed by atoms with Gasteiger partial charge < -0.3 is 0 Å². The Labute approximate surface area is 116 Å². The van der Waals surface area contributed by atoms with Crippen molar-refractivity contribution < 1.29 is 4.79 Å². The maximum Gasteiger partial charge on any atom is 0.155 e. The largest absolute Gasteiger partial charge is 0.298 e. The van der Waals surface area contributed by atoms with Crippen LogP contribution in [0.5, 0.6) is 0 Å². The van der Waals surface area contributed by atoms with Crippen LogP contribution in [0.3, 0.4) is 0 Å². The molecule has 2 aromatic rings. The van der Waals surface area contributed by atoms with E-state index in [4.69, 9.17) is 11.6 Å². The lowest BCUT2D eigenvalue weighted by atomic mass is 10.0. The molecule has 1 aliphatic carbocycles. The number of aldehydes is 1. The first-order valence-electron chi connectivity index (χ1n) is 6.46. The quantitative estimate of drug-likeness (QED) is 0.807. The van der Waals surface area contributed by atoms with E-state index in [-0.39, 0.29) is 0 Å². The zero-order valence-electron chi connectivity index (χ0n) is 10.4. The number of halogens is 1. The summed E-state index contributed by atoms with van der Waals surface area (Å²) in [7, 11) is 0. The van der Waals surface area contributed by atoms with Gasteiger partial charge in [0.2, 0.25) is 0 Å². The molecule has 4 nitrogen and oxygen atoms in total. The molecule has 0 radical (unpaired) electrons. The first-order valence-corrected chi connectivity index (χ1v) is 6.84. The van der Waals surface area contributed by atoms with Crippen LogP contribution in [-0.4, -0.2) is 21.1 Å². The Bertz CT molecular complexity index is 588. The van der Waals surface area contributed by atoms with Crippen LogP contribution in [0.15, 0.2) is 24.4 Å². The van der Waals surface area contributed by atoms with Crippen molar-refractivity contribution in [2.45, 2.75) is 31.6 Å². The fourth-order valence-corrected chi connectivity index (χ4v) is 2.93. The molecule has 0 atom stereocenters. The van der Waals surface area contributed by atoms with Gasteiger partial charge in [-0.3, -0.25) is 4.79 Å². The van der Waals surface area contributed by atoms with Gasteiger partial charge in [-0.15, -0.1) is 0 Å². The Morgan fingerprint density at radius 2 is 2.11 bits per heavy atom. The average molecular weight is 276 g/mol. The molecular formula is C14H14ClN3O. The molecule has 0 unspecified atom stereocenters. The molecule has 2 aromatic heterocycles. The predicted octanol–water partition coefficient (Wildman–Crippen LogP) is 3.39. The van der Waals surface area contributed by atoms with Gasteiger partial charge >= 0.3 is 0 Å². The second-order valence-corrected chi connectivity index (χ2v) is 5.15. The molecule has 19 heavy (non-hydrogen) atoms. The Hall–Kier alpha value is -1.68. The normalized spacial score (nSPS) is 15.8. The van der Waals surface area contributed by atoms with E-state index < -0.39 is 0 Å². The predicted molar refractivity (Wildman–Crippen MR) is 73.0 cm³/mol. The highest BCUT2D eigenvalue weighted by molar-refractivity contribution is 6.32. The highest BCUT2D eigenvalue weighted by atomic mass is 35.5. The number of hydrogen-bond acceptors (Lipinski definition) is 3. The van der Waals surface area contributed by atoms with Crippen LogP contribution in [-0.2, 0) is 0 Å². The zero-order chi connectivity index (χ0) is 13.2. The Morgan fingerprint density at radius 1 is 1.32 bits per heavy atom. The number of pyridine rings is 1. The van der Waals surface area contributed by atoms with Gasteiger partial charge in [0, 0.05) is 12.1 Å². The molecule has 1 fully saturated rings. The standard InChI is InChI=1S/C14H14ClN3O/c15-14-11(9-19)13(10-5-1-2-6-10)17-18(14)12-7-3-4-8-16-12/h3-4,7-10H,1-2,5-6H2. The van der Waals surface area contributed by atoms with Crippen LogP contribution < -0.4 is 0 Å². The van der Waals surface area contributed by atoms with Crippen molar-refractivity contribution >= 4 is 17.9 Å². The van der Waals surface area contributed by atoms with Crippen molar-refractivity contribution in [1.82, 2.24) is 14.8 Å². The summed E-state index contributed by atoms with van der Waals surface area (Å²) in [6, 6.07) is 5.53. The number of hydrogen-bond donors (Lipinski definition) is 0. The van der Waals surface area contributed by atoms with Crippen molar-refractivity contribution in [2.24, 2.45) is 0 Å². The van der Waals surface area contributed by atoms with E-state index in [2.05, 4.69) is 10.1 Å². The molecule has 5 heteroatoms. The molecule has 0 aliphatic heterocycles. The van der Waals surface area contributed by atoms with E-state index in [1.54, 1.807) is 10.9 Å². The Balaban J connectivity index is 2.09. The molecule has 0 amide bonds. The van der Waals surface area contributed by atoms with Gasteiger partial charge in [-0.25, -0.2) is 9.67 Å². The van der Waals surface area contributed by atoms with Gasteiger partial charge in [-0.05, 0) is 25.0 Å². The van der Waals surface area contributed by atoms with E-state index in [0.29, 0.717) is 22.5 Å². The zero-order valence-corrected chi connectivity index (χ0v) is 11.2. The molecule has 0 aromatic carbocycles. The summed E-state index contributed by atoms with van der Waals surface area (Å²) < 4.78 is 1.55. The minimum Gasteiger partial charge on any atom is -0.298 e. The van der Waals surface area contributed by atoms with Crippen molar-refractivity contribution in [1.29, 1.82) is 0 Å². The number of rotatable bonds is 3. The van der Waals surface area contributed by atoms with Gasteiger partial charge in [0.05, 0.1) is 11.3 Å². The SMILES string of the molecule is O=Cc1c(C2CCCC2)nn(-c2ccccn2)c1Cl.